The average molecular weight is 1100 g/mol. The second kappa shape index (κ2) is 23.7. The second-order valence-corrected chi connectivity index (χ2v) is 31.9. The summed E-state index contributed by atoms with van der Waals surface area (Å²) in [5, 5.41) is 0. The smallest absolute Gasteiger partial charge is 0.312 e. The van der Waals surface area contributed by atoms with Gasteiger partial charge in [0.25, 0.3) is 0 Å². The first-order valence-electron chi connectivity index (χ1n) is 34.3. The molecule has 0 aromatic rings. The van der Waals surface area contributed by atoms with E-state index in [0.717, 1.165) is 92.3 Å². The van der Waals surface area contributed by atoms with E-state index in [9.17, 15) is 19.2 Å². The fourth-order valence-electron chi connectivity index (χ4n) is 21.0. The first-order valence-corrected chi connectivity index (χ1v) is 34.3. The van der Waals surface area contributed by atoms with Gasteiger partial charge in [-0.1, -0.05) is 69.2 Å². The molecule has 0 radical (unpaired) electrons. The molecule has 16 saturated carbocycles. The Morgan fingerprint density at radius 2 is 0.658 bits per heavy atom. The number of rotatable bonds is 16. The molecule has 0 N–H and O–H groups in total. The Hall–Kier alpha value is -2.12. The van der Waals surface area contributed by atoms with E-state index in [1.807, 2.05) is 41.5 Å². The standard InChI is InChI=1S/C20H34O2.C18H30O2.C17H28O2.C16H26O2/c1-6-13(3)20(22-18(21)19(4,5)7-2)16-9-14-8-15(11-16)12-17(20)10-14;1-5-17(3,4)16(19)20-18(6-2)14-8-12-7-13(10-14)11-15(18)9-12;1-4-11(3)16(18)19-17(5-2)14-7-12-6-13(9-14)10-15(17)8-12;1-4-10(2)15(17)18-16(3)13-6-11-5-12(8-13)9-14(16)7-11/h13-17H,6-12H2,1-5H3;12-15H,5-11H2,1-4H3;11-15H,4-10H2,1-3H3;10-14H,4-9H2,1-3H3. The summed E-state index contributed by atoms with van der Waals surface area (Å²) in [6.45, 7) is 31.7. The SMILES string of the molecule is CCC(C)(C)C(=O)OC1(CC)C2CC3CC(C2)CC1C3.CCC(C)C(=O)OC1(C)C2CC3CC(C2)CC1C3.CCC(C)C(=O)OC1(CC)C2CC3CC(C2)CC1C3.CCC(C)C1(OC(=O)C(C)(C)CC)C2CC3CC(C2)CC1C3. The molecule has 16 aliphatic rings. The molecule has 79 heavy (non-hydrogen) atoms. The van der Waals surface area contributed by atoms with Crippen LogP contribution >= 0.6 is 0 Å². The van der Waals surface area contributed by atoms with Gasteiger partial charge < -0.3 is 18.9 Å². The van der Waals surface area contributed by atoms with Crippen molar-refractivity contribution in [1.82, 2.24) is 0 Å². The molecular formula is C71H118O8. The Morgan fingerprint density at radius 3 is 0.949 bits per heavy atom. The van der Waals surface area contributed by atoms with E-state index in [4.69, 9.17) is 18.9 Å². The number of ether oxygens (including phenoxy) is 4. The highest BCUT2D eigenvalue weighted by atomic mass is 16.6. The predicted octanol–water partition coefficient (Wildman–Crippen LogP) is 17.7. The van der Waals surface area contributed by atoms with Gasteiger partial charge in [0.15, 0.2) is 0 Å². The van der Waals surface area contributed by atoms with Crippen LogP contribution in [0.4, 0.5) is 0 Å². The molecule has 0 saturated heterocycles. The van der Waals surface area contributed by atoms with Crippen molar-refractivity contribution in [3.63, 3.8) is 0 Å². The molecule has 0 spiro atoms. The van der Waals surface area contributed by atoms with E-state index in [0.29, 0.717) is 53.3 Å². The lowest BCUT2D eigenvalue weighted by Crippen LogP contribution is -2.63. The highest BCUT2D eigenvalue weighted by Gasteiger charge is 2.64. The van der Waals surface area contributed by atoms with Crippen molar-refractivity contribution in [2.24, 2.45) is 123 Å². The lowest BCUT2D eigenvalue weighted by molar-refractivity contribution is -0.234. The Morgan fingerprint density at radius 1 is 0.380 bits per heavy atom. The normalized spacial score (nSPS) is 44.0. The van der Waals surface area contributed by atoms with Crippen LogP contribution in [0.5, 0.6) is 0 Å². The van der Waals surface area contributed by atoms with Gasteiger partial charge in [0.2, 0.25) is 0 Å². The molecule has 0 aliphatic heterocycles. The van der Waals surface area contributed by atoms with Crippen molar-refractivity contribution in [2.75, 3.05) is 0 Å². The van der Waals surface area contributed by atoms with Gasteiger partial charge in [0.05, 0.1) is 22.7 Å². The van der Waals surface area contributed by atoms with Gasteiger partial charge in [-0.25, -0.2) is 0 Å². The van der Waals surface area contributed by atoms with E-state index in [-0.39, 0.29) is 68.9 Å². The van der Waals surface area contributed by atoms with E-state index in [1.165, 1.54) is 128 Å². The minimum Gasteiger partial charge on any atom is -0.459 e. The lowest BCUT2D eigenvalue weighted by atomic mass is 9.47. The molecular weight excluding hydrogens is 981 g/mol. The van der Waals surface area contributed by atoms with E-state index in [1.54, 1.807) is 0 Å². The largest absolute Gasteiger partial charge is 0.459 e. The Kier molecular flexibility index (Phi) is 18.5. The quantitative estimate of drug-likeness (QED) is 0.111. The number of hydrogen-bond acceptors (Lipinski definition) is 8. The predicted molar refractivity (Wildman–Crippen MR) is 316 cm³/mol. The third-order valence-corrected chi connectivity index (χ3v) is 26.8. The van der Waals surface area contributed by atoms with E-state index < -0.39 is 0 Å². The second-order valence-electron chi connectivity index (χ2n) is 31.9. The maximum atomic E-state index is 12.9. The molecule has 8 nitrogen and oxygen atoms in total. The molecule has 16 bridgehead atoms. The van der Waals surface area contributed by atoms with Crippen LogP contribution in [0.25, 0.3) is 0 Å². The van der Waals surface area contributed by atoms with Crippen LogP contribution in [-0.4, -0.2) is 46.3 Å². The monoisotopic (exact) mass is 1100 g/mol. The van der Waals surface area contributed by atoms with Gasteiger partial charge in [-0.2, -0.15) is 0 Å². The first kappa shape index (κ1) is 61.4. The third-order valence-electron chi connectivity index (χ3n) is 26.8. The Labute approximate surface area is 482 Å². The molecule has 3 atom stereocenters. The summed E-state index contributed by atoms with van der Waals surface area (Å²) in [6, 6.07) is 0. The van der Waals surface area contributed by atoms with Crippen molar-refractivity contribution in [3.05, 3.63) is 0 Å². The van der Waals surface area contributed by atoms with Crippen molar-refractivity contribution < 1.29 is 38.1 Å². The zero-order valence-corrected chi connectivity index (χ0v) is 53.3. The lowest BCUT2D eigenvalue weighted by Gasteiger charge is -2.62. The van der Waals surface area contributed by atoms with E-state index in [2.05, 4.69) is 62.3 Å². The van der Waals surface area contributed by atoms with Gasteiger partial charge in [-0.15, -0.1) is 0 Å². The number of carbonyl (C=O) groups excluding carboxylic acids is 4. The van der Waals surface area contributed by atoms with Crippen molar-refractivity contribution >= 4 is 23.9 Å². The number of carbonyl (C=O) groups is 4. The van der Waals surface area contributed by atoms with Crippen molar-refractivity contribution in [2.45, 2.75) is 300 Å². The third kappa shape index (κ3) is 11.5. The van der Waals surface area contributed by atoms with Crippen LogP contribution in [0.3, 0.4) is 0 Å². The summed E-state index contributed by atoms with van der Waals surface area (Å²) in [4.78, 5) is 50.0. The fourth-order valence-corrected chi connectivity index (χ4v) is 21.0. The molecule has 0 aromatic heterocycles. The van der Waals surface area contributed by atoms with E-state index >= 15 is 0 Å². The van der Waals surface area contributed by atoms with Gasteiger partial charge in [0, 0.05) is 0 Å². The summed E-state index contributed by atoms with van der Waals surface area (Å²) in [7, 11) is 0. The Bertz CT molecular complexity index is 2020. The zero-order valence-electron chi connectivity index (χ0n) is 53.3. The van der Waals surface area contributed by atoms with Crippen molar-refractivity contribution in [3.8, 4) is 0 Å². The maximum absolute atomic E-state index is 12.9. The van der Waals surface area contributed by atoms with Crippen LogP contribution in [0.1, 0.15) is 277 Å². The molecule has 0 amide bonds. The fraction of sp³-hybridized carbons (Fsp3) is 0.944. The van der Waals surface area contributed by atoms with Crippen LogP contribution in [-0.2, 0) is 38.1 Å². The summed E-state index contributed by atoms with van der Waals surface area (Å²) < 4.78 is 25.0. The summed E-state index contributed by atoms with van der Waals surface area (Å²) in [6.07, 6.45) is 33.3. The number of hydrogen-bond donors (Lipinski definition) is 0. The zero-order chi connectivity index (χ0) is 57.2. The van der Waals surface area contributed by atoms with Gasteiger partial charge in [0.1, 0.15) is 22.4 Å². The van der Waals surface area contributed by atoms with Gasteiger partial charge in [-0.3, -0.25) is 19.2 Å². The Balaban J connectivity index is 0.000000128. The van der Waals surface area contributed by atoms with Gasteiger partial charge in [-0.05, 0) is 309 Å². The molecule has 450 valence electrons. The average Bonchev–Trinajstić information content (AvgIpc) is 3.33. The van der Waals surface area contributed by atoms with Crippen LogP contribution in [0.2, 0.25) is 0 Å². The van der Waals surface area contributed by atoms with Gasteiger partial charge >= 0.3 is 23.9 Å². The maximum Gasteiger partial charge on any atom is 0.312 e. The van der Waals surface area contributed by atoms with Crippen molar-refractivity contribution in [1.29, 1.82) is 0 Å². The molecule has 0 aromatic carbocycles. The molecule has 0 heterocycles. The highest BCUT2D eigenvalue weighted by molar-refractivity contribution is 5.77. The molecule has 16 rings (SSSR count). The minimum atomic E-state index is -0.352. The number of esters is 4. The molecule has 16 aliphatic carbocycles. The summed E-state index contributed by atoms with van der Waals surface area (Å²) >= 11 is 0. The first-order chi connectivity index (χ1) is 37.3. The van der Waals surface area contributed by atoms with Crippen LogP contribution < -0.4 is 0 Å². The molecule has 3 unspecified atom stereocenters. The minimum absolute atomic E-state index is 0.0347. The topological polar surface area (TPSA) is 105 Å². The summed E-state index contributed by atoms with van der Waals surface area (Å²) in [5.41, 5.74) is -1.23. The molecule has 16 fully saturated rings. The van der Waals surface area contributed by atoms with Crippen LogP contribution in [0, 0.1) is 123 Å². The highest BCUT2D eigenvalue weighted by Crippen LogP contribution is 2.65. The summed E-state index contributed by atoms with van der Waals surface area (Å²) in [5.74, 6) is 13.3. The molecule has 8 heteroatoms. The van der Waals surface area contributed by atoms with Crippen LogP contribution in [0.15, 0.2) is 0 Å².